The summed E-state index contributed by atoms with van der Waals surface area (Å²) >= 11 is 1.54. The van der Waals surface area contributed by atoms with Gasteiger partial charge in [-0.2, -0.15) is 0 Å². The van der Waals surface area contributed by atoms with Gasteiger partial charge in [-0.05, 0) is 19.1 Å². The van der Waals surface area contributed by atoms with Crippen LogP contribution in [0.1, 0.15) is 6.92 Å². The number of amides is 2. The standard InChI is InChI=1S/C16H20N4O3S/c1-10-9-17-15(21)20(10)16-18-13-12(24-16)4-3-11-14(13)19(5-7-22-2)6-8-23-11/h3-4,10H,5-9H2,1-2H3,(H,17,21). The third kappa shape index (κ3) is 2.46. The smallest absolute Gasteiger partial charge is 0.324 e. The molecule has 1 saturated heterocycles. The monoisotopic (exact) mass is 348 g/mol. The van der Waals surface area contributed by atoms with Gasteiger partial charge >= 0.3 is 6.03 Å². The summed E-state index contributed by atoms with van der Waals surface area (Å²) < 4.78 is 12.1. The van der Waals surface area contributed by atoms with Crippen molar-refractivity contribution in [3.05, 3.63) is 12.1 Å². The van der Waals surface area contributed by atoms with Crippen LogP contribution in [0.3, 0.4) is 0 Å². The van der Waals surface area contributed by atoms with Gasteiger partial charge in [0.05, 0.1) is 23.9 Å². The van der Waals surface area contributed by atoms with Crippen molar-refractivity contribution in [2.24, 2.45) is 0 Å². The summed E-state index contributed by atoms with van der Waals surface area (Å²) in [5.41, 5.74) is 1.90. The number of benzene rings is 1. The van der Waals surface area contributed by atoms with Crippen molar-refractivity contribution in [1.29, 1.82) is 0 Å². The SMILES string of the molecule is COCCN1CCOc2ccc3sc(N4C(=O)NCC4C)nc3c21. The minimum Gasteiger partial charge on any atom is -0.489 e. The van der Waals surface area contributed by atoms with Crippen LogP contribution in [-0.4, -0.2) is 57.0 Å². The Kier molecular flexibility index (Phi) is 3.93. The summed E-state index contributed by atoms with van der Waals surface area (Å²) in [6.07, 6.45) is 0. The summed E-state index contributed by atoms with van der Waals surface area (Å²) in [4.78, 5) is 20.9. The predicted molar refractivity (Wildman–Crippen MR) is 94.5 cm³/mol. The Morgan fingerprint density at radius 3 is 3.12 bits per heavy atom. The zero-order valence-corrected chi connectivity index (χ0v) is 14.6. The van der Waals surface area contributed by atoms with Gasteiger partial charge in [0.25, 0.3) is 0 Å². The molecule has 4 rings (SSSR count). The molecule has 1 N–H and O–H groups in total. The van der Waals surface area contributed by atoms with E-state index in [-0.39, 0.29) is 12.1 Å². The molecule has 128 valence electrons. The molecule has 24 heavy (non-hydrogen) atoms. The van der Waals surface area contributed by atoms with E-state index < -0.39 is 0 Å². The van der Waals surface area contributed by atoms with Gasteiger partial charge in [-0.3, -0.25) is 4.90 Å². The number of anilines is 2. The molecule has 1 aromatic heterocycles. The first-order valence-electron chi connectivity index (χ1n) is 8.06. The second kappa shape index (κ2) is 6.10. The van der Waals surface area contributed by atoms with Crippen LogP contribution in [-0.2, 0) is 4.74 Å². The number of hydrogen-bond acceptors (Lipinski definition) is 6. The van der Waals surface area contributed by atoms with Crippen LogP contribution >= 0.6 is 11.3 Å². The Hall–Kier alpha value is -2.06. The molecule has 7 nitrogen and oxygen atoms in total. The van der Waals surface area contributed by atoms with Gasteiger partial charge in [-0.1, -0.05) is 11.3 Å². The molecule has 2 aromatic rings. The summed E-state index contributed by atoms with van der Waals surface area (Å²) in [5.74, 6) is 0.848. The average molecular weight is 348 g/mol. The van der Waals surface area contributed by atoms with Gasteiger partial charge < -0.3 is 19.7 Å². The highest BCUT2D eigenvalue weighted by Gasteiger charge is 2.32. The fraction of sp³-hybridized carbons (Fsp3) is 0.500. The van der Waals surface area contributed by atoms with Gasteiger partial charge in [0.1, 0.15) is 23.6 Å². The quantitative estimate of drug-likeness (QED) is 0.916. The molecule has 8 heteroatoms. The van der Waals surface area contributed by atoms with E-state index in [1.165, 1.54) is 0 Å². The molecule has 0 spiro atoms. The number of hydrogen-bond donors (Lipinski definition) is 1. The number of methoxy groups -OCH3 is 1. The highest BCUT2D eigenvalue weighted by Crippen LogP contribution is 2.42. The molecule has 0 radical (unpaired) electrons. The molecule has 0 saturated carbocycles. The first kappa shape index (κ1) is 15.5. The number of urea groups is 1. The van der Waals surface area contributed by atoms with Crippen molar-refractivity contribution in [3.63, 3.8) is 0 Å². The van der Waals surface area contributed by atoms with Crippen LogP contribution in [0, 0.1) is 0 Å². The van der Waals surface area contributed by atoms with Gasteiger partial charge in [0, 0.05) is 20.2 Å². The maximum Gasteiger partial charge on any atom is 0.324 e. The molecule has 2 amide bonds. The van der Waals surface area contributed by atoms with Crippen LogP contribution in [0.2, 0.25) is 0 Å². The first-order valence-corrected chi connectivity index (χ1v) is 8.88. The zero-order valence-electron chi connectivity index (χ0n) is 13.7. The molecule has 2 aliphatic heterocycles. The topological polar surface area (TPSA) is 66.9 Å². The molecule has 1 unspecified atom stereocenters. The molecule has 1 fully saturated rings. The molecule has 0 aliphatic carbocycles. The van der Waals surface area contributed by atoms with Crippen molar-refractivity contribution in [2.75, 3.05) is 49.8 Å². The van der Waals surface area contributed by atoms with Crippen molar-refractivity contribution in [2.45, 2.75) is 13.0 Å². The lowest BCUT2D eigenvalue weighted by atomic mass is 10.2. The van der Waals surface area contributed by atoms with Crippen molar-refractivity contribution in [3.8, 4) is 5.75 Å². The van der Waals surface area contributed by atoms with Crippen LogP contribution in [0.5, 0.6) is 5.75 Å². The van der Waals surface area contributed by atoms with Crippen molar-refractivity contribution >= 4 is 38.4 Å². The predicted octanol–water partition coefficient (Wildman–Crippen LogP) is 2.06. The van der Waals surface area contributed by atoms with Gasteiger partial charge in [0.2, 0.25) is 0 Å². The molecule has 1 atom stereocenters. The second-order valence-corrected chi connectivity index (χ2v) is 7.00. The largest absolute Gasteiger partial charge is 0.489 e. The lowest BCUT2D eigenvalue weighted by molar-refractivity contribution is 0.201. The number of fused-ring (bicyclic) bond motifs is 3. The minimum atomic E-state index is -0.0806. The number of aromatic nitrogens is 1. The Balaban J connectivity index is 1.78. The number of thiazole rings is 1. The van der Waals surface area contributed by atoms with E-state index in [9.17, 15) is 4.79 Å². The van der Waals surface area contributed by atoms with E-state index in [1.807, 2.05) is 19.1 Å². The summed E-state index contributed by atoms with van der Waals surface area (Å²) in [6.45, 7) is 5.58. The number of carbonyl (C=O) groups excluding carboxylic acids is 1. The summed E-state index contributed by atoms with van der Waals surface area (Å²) in [7, 11) is 1.70. The Morgan fingerprint density at radius 1 is 1.50 bits per heavy atom. The number of nitrogens with zero attached hydrogens (tertiary/aromatic N) is 3. The molecule has 0 bridgehead atoms. The molecule has 2 aliphatic rings. The van der Waals surface area contributed by atoms with E-state index in [2.05, 4.69) is 10.2 Å². The Labute approximate surface area is 144 Å². The van der Waals surface area contributed by atoms with Crippen LogP contribution in [0.4, 0.5) is 15.6 Å². The molecule has 1 aromatic carbocycles. The molecule has 3 heterocycles. The Morgan fingerprint density at radius 2 is 2.38 bits per heavy atom. The van der Waals surface area contributed by atoms with Crippen LogP contribution in [0.15, 0.2) is 12.1 Å². The number of rotatable bonds is 4. The van der Waals surface area contributed by atoms with E-state index in [1.54, 1.807) is 23.3 Å². The van der Waals surface area contributed by atoms with Crippen LogP contribution < -0.4 is 19.9 Å². The van der Waals surface area contributed by atoms with E-state index in [0.29, 0.717) is 19.8 Å². The second-order valence-electron chi connectivity index (χ2n) is 5.99. The fourth-order valence-electron chi connectivity index (χ4n) is 3.16. The lowest BCUT2D eigenvalue weighted by Crippen LogP contribution is -2.35. The number of nitrogens with one attached hydrogen (secondary N) is 1. The Bertz CT molecular complexity index is 778. The normalized spacial score (nSPS) is 20.2. The van der Waals surface area contributed by atoms with E-state index in [0.717, 1.165) is 39.9 Å². The van der Waals surface area contributed by atoms with E-state index >= 15 is 0 Å². The number of ether oxygens (including phenoxy) is 2. The molecular formula is C16H20N4O3S. The minimum absolute atomic E-state index is 0.0806. The van der Waals surface area contributed by atoms with Gasteiger partial charge in [-0.25, -0.2) is 9.78 Å². The van der Waals surface area contributed by atoms with Gasteiger partial charge in [0.15, 0.2) is 5.13 Å². The molecular weight excluding hydrogens is 328 g/mol. The summed E-state index contributed by atoms with van der Waals surface area (Å²) in [5, 5.41) is 3.60. The van der Waals surface area contributed by atoms with Gasteiger partial charge in [-0.15, -0.1) is 0 Å². The highest BCUT2D eigenvalue weighted by molar-refractivity contribution is 7.22. The number of carbonyl (C=O) groups is 1. The van der Waals surface area contributed by atoms with Crippen LogP contribution in [0.25, 0.3) is 10.2 Å². The first-order chi connectivity index (χ1) is 11.7. The van der Waals surface area contributed by atoms with E-state index in [4.69, 9.17) is 14.5 Å². The van der Waals surface area contributed by atoms with Crippen molar-refractivity contribution in [1.82, 2.24) is 10.3 Å². The fourth-order valence-corrected chi connectivity index (χ4v) is 4.23. The maximum absolute atomic E-state index is 12.1. The summed E-state index contributed by atoms with van der Waals surface area (Å²) in [6, 6.07) is 4.04. The average Bonchev–Trinajstić information content (AvgIpc) is 3.15. The van der Waals surface area contributed by atoms with Crippen molar-refractivity contribution < 1.29 is 14.3 Å². The highest BCUT2D eigenvalue weighted by atomic mass is 32.1. The zero-order chi connectivity index (χ0) is 16.7. The lowest BCUT2D eigenvalue weighted by Gasteiger charge is -2.31. The third-order valence-corrected chi connectivity index (χ3v) is 5.42. The third-order valence-electron chi connectivity index (χ3n) is 4.40. The maximum atomic E-state index is 12.1.